The van der Waals surface area contributed by atoms with Gasteiger partial charge in [-0.2, -0.15) is 4.99 Å². The third-order valence-corrected chi connectivity index (χ3v) is 2.09. The minimum atomic E-state index is 0.251. The van der Waals surface area contributed by atoms with E-state index in [1.165, 1.54) is 0 Å². The highest BCUT2D eigenvalue weighted by Gasteiger charge is 1.99. The summed E-state index contributed by atoms with van der Waals surface area (Å²) < 4.78 is 0. The van der Waals surface area contributed by atoms with E-state index >= 15 is 0 Å². The molecule has 5 N–H and O–H groups in total. The number of anilines is 2. The van der Waals surface area contributed by atoms with Crippen molar-refractivity contribution in [3.8, 4) is 0 Å². The molecule has 1 aromatic heterocycles. The molecular weight excluding hydrogens is 214 g/mol. The molecule has 0 atom stereocenters. The first-order valence-corrected chi connectivity index (χ1v) is 5.12. The van der Waals surface area contributed by atoms with Gasteiger partial charge >= 0.3 is 0 Å². The summed E-state index contributed by atoms with van der Waals surface area (Å²) in [6.07, 6.45) is 1.62. The summed E-state index contributed by atoms with van der Waals surface area (Å²) >= 11 is 0. The van der Waals surface area contributed by atoms with E-state index in [-0.39, 0.29) is 5.96 Å². The second-order valence-electron chi connectivity index (χ2n) is 3.40. The first-order valence-electron chi connectivity index (χ1n) is 5.12. The molecule has 2 aromatic rings. The Morgan fingerprint density at radius 1 is 1.12 bits per heavy atom. The van der Waals surface area contributed by atoms with Crippen molar-refractivity contribution < 1.29 is 0 Å². The smallest absolute Gasteiger partial charge is 0.199 e. The topological polar surface area (TPSA) is 89.3 Å². The first kappa shape index (κ1) is 10.9. The zero-order chi connectivity index (χ0) is 12.1. The predicted molar refractivity (Wildman–Crippen MR) is 70.0 cm³/mol. The van der Waals surface area contributed by atoms with Gasteiger partial charge in [0.25, 0.3) is 0 Å². The molecular formula is C12H13N5. The van der Waals surface area contributed by atoms with Crippen molar-refractivity contribution in [2.45, 2.75) is 0 Å². The van der Waals surface area contributed by atoms with E-state index in [0.717, 1.165) is 5.69 Å². The zero-order valence-corrected chi connectivity index (χ0v) is 9.17. The lowest BCUT2D eigenvalue weighted by Gasteiger charge is -2.05. The summed E-state index contributed by atoms with van der Waals surface area (Å²) in [5.41, 5.74) is 12.8. The summed E-state index contributed by atoms with van der Waals surface area (Å²) in [7, 11) is 0. The maximum absolute atomic E-state index is 5.75. The van der Waals surface area contributed by atoms with Crippen LogP contribution in [-0.4, -0.2) is 10.9 Å². The molecule has 2 rings (SSSR count). The van der Waals surface area contributed by atoms with Gasteiger partial charge < -0.3 is 16.8 Å². The number of aliphatic imine (C=N–C) groups is 1. The fourth-order valence-electron chi connectivity index (χ4n) is 1.31. The van der Waals surface area contributed by atoms with Crippen molar-refractivity contribution in [1.82, 2.24) is 4.98 Å². The molecule has 0 aliphatic carbocycles. The van der Waals surface area contributed by atoms with Crippen LogP contribution in [0.3, 0.4) is 0 Å². The number of rotatable bonds is 2. The van der Waals surface area contributed by atoms with Crippen LogP contribution in [0.5, 0.6) is 0 Å². The summed E-state index contributed by atoms with van der Waals surface area (Å²) in [5.74, 6) is 0.662. The number of nitrogen functional groups attached to an aromatic ring is 1. The fraction of sp³-hybridized carbons (Fsp3) is 0. The fourth-order valence-corrected chi connectivity index (χ4v) is 1.31. The Balaban J connectivity index is 2.16. The van der Waals surface area contributed by atoms with Gasteiger partial charge in [0.2, 0.25) is 0 Å². The lowest BCUT2D eigenvalue weighted by atomic mass is 10.3. The minimum absolute atomic E-state index is 0.251. The van der Waals surface area contributed by atoms with Gasteiger partial charge in [-0.3, -0.25) is 0 Å². The first-order chi connectivity index (χ1) is 8.25. The van der Waals surface area contributed by atoms with Crippen LogP contribution in [0.15, 0.2) is 53.7 Å². The summed E-state index contributed by atoms with van der Waals surface area (Å²) in [5, 5.41) is 2.95. The molecule has 0 saturated heterocycles. The molecule has 0 fully saturated rings. The van der Waals surface area contributed by atoms with Gasteiger partial charge in [0.15, 0.2) is 11.8 Å². The van der Waals surface area contributed by atoms with Gasteiger partial charge in [-0.05, 0) is 24.3 Å². The SMILES string of the molecule is NC(=Nc1ncccc1N)Nc1ccccc1. The van der Waals surface area contributed by atoms with Crippen molar-refractivity contribution >= 4 is 23.2 Å². The maximum atomic E-state index is 5.75. The van der Waals surface area contributed by atoms with Gasteiger partial charge in [-0.25, -0.2) is 4.98 Å². The van der Waals surface area contributed by atoms with Crippen LogP contribution < -0.4 is 16.8 Å². The van der Waals surface area contributed by atoms with Gasteiger partial charge in [-0.1, -0.05) is 18.2 Å². The minimum Gasteiger partial charge on any atom is -0.396 e. The number of pyridine rings is 1. The van der Waals surface area contributed by atoms with Crippen molar-refractivity contribution in [2.75, 3.05) is 11.1 Å². The van der Waals surface area contributed by atoms with Crippen LogP contribution in [0.25, 0.3) is 0 Å². The molecule has 0 radical (unpaired) electrons. The average Bonchev–Trinajstić information content (AvgIpc) is 2.33. The molecule has 0 amide bonds. The number of aromatic nitrogens is 1. The normalized spacial score (nSPS) is 11.2. The lowest BCUT2D eigenvalue weighted by molar-refractivity contribution is 1.27. The Kier molecular flexibility index (Phi) is 3.20. The van der Waals surface area contributed by atoms with E-state index in [1.54, 1.807) is 18.3 Å². The van der Waals surface area contributed by atoms with E-state index < -0.39 is 0 Å². The zero-order valence-electron chi connectivity index (χ0n) is 9.17. The Bertz CT molecular complexity index is 521. The third-order valence-electron chi connectivity index (χ3n) is 2.09. The second kappa shape index (κ2) is 4.98. The highest BCUT2D eigenvalue weighted by molar-refractivity contribution is 5.94. The Morgan fingerprint density at radius 3 is 2.59 bits per heavy atom. The molecule has 5 nitrogen and oxygen atoms in total. The van der Waals surface area contributed by atoms with Gasteiger partial charge in [-0.15, -0.1) is 0 Å². The lowest BCUT2D eigenvalue weighted by Crippen LogP contribution is -2.22. The number of benzene rings is 1. The number of nitrogens with one attached hydrogen (secondary N) is 1. The highest BCUT2D eigenvalue weighted by atomic mass is 15.1. The van der Waals surface area contributed by atoms with Crippen molar-refractivity contribution in [1.29, 1.82) is 0 Å². The Morgan fingerprint density at radius 2 is 1.88 bits per heavy atom. The third kappa shape index (κ3) is 2.94. The highest BCUT2D eigenvalue weighted by Crippen LogP contribution is 2.16. The molecule has 0 aliphatic heterocycles. The molecule has 0 spiro atoms. The average molecular weight is 227 g/mol. The van der Waals surface area contributed by atoms with Gasteiger partial charge in [0.1, 0.15) is 0 Å². The molecule has 17 heavy (non-hydrogen) atoms. The Hall–Kier alpha value is -2.56. The quantitative estimate of drug-likeness (QED) is 0.538. The summed E-state index contributed by atoms with van der Waals surface area (Å²) in [4.78, 5) is 8.13. The van der Waals surface area contributed by atoms with E-state index in [1.807, 2.05) is 30.3 Å². The number of guanidine groups is 1. The van der Waals surface area contributed by atoms with Crippen LogP contribution in [0, 0.1) is 0 Å². The van der Waals surface area contributed by atoms with Crippen LogP contribution in [-0.2, 0) is 0 Å². The number of hydrogen-bond donors (Lipinski definition) is 3. The van der Waals surface area contributed by atoms with Crippen LogP contribution >= 0.6 is 0 Å². The maximum Gasteiger partial charge on any atom is 0.199 e. The summed E-state index contributed by atoms with van der Waals surface area (Å²) in [6, 6.07) is 13.0. The van der Waals surface area contributed by atoms with Crippen molar-refractivity contribution in [3.05, 3.63) is 48.7 Å². The van der Waals surface area contributed by atoms with E-state index in [9.17, 15) is 0 Å². The molecule has 86 valence electrons. The molecule has 0 saturated carbocycles. The monoisotopic (exact) mass is 227 g/mol. The van der Waals surface area contributed by atoms with E-state index in [2.05, 4.69) is 15.3 Å². The van der Waals surface area contributed by atoms with E-state index in [4.69, 9.17) is 11.5 Å². The number of nitrogens with two attached hydrogens (primary N) is 2. The van der Waals surface area contributed by atoms with Crippen molar-refractivity contribution in [3.63, 3.8) is 0 Å². The standard InChI is InChI=1S/C12H13N5/c13-10-7-4-8-15-11(10)17-12(14)16-9-5-2-1-3-6-9/h1-8H,13H2,(H3,14,15,16,17). The van der Waals surface area contributed by atoms with Crippen LogP contribution in [0.1, 0.15) is 0 Å². The van der Waals surface area contributed by atoms with Gasteiger partial charge in [0.05, 0.1) is 5.69 Å². The molecule has 1 heterocycles. The van der Waals surface area contributed by atoms with E-state index in [0.29, 0.717) is 11.5 Å². The van der Waals surface area contributed by atoms with Crippen molar-refractivity contribution in [2.24, 2.45) is 10.7 Å². The molecule has 0 bridgehead atoms. The number of nitrogens with zero attached hydrogens (tertiary/aromatic N) is 2. The molecule has 5 heteroatoms. The molecule has 0 unspecified atom stereocenters. The predicted octanol–water partition coefficient (Wildman–Crippen LogP) is 1.72. The summed E-state index contributed by atoms with van der Waals surface area (Å²) in [6.45, 7) is 0. The largest absolute Gasteiger partial charge is 0.396 e. The number of hydrogen-bond acceptors (Lipinski definition) is 3. The Labute approximate surface area is 99.2 Å². The molecule has 1 aromatic carbocycles. The second-order valence-corrected chi connectivity index (χ2v) is 3.40. The molecule has 0 aliphatic rings. The number of para-hydroxylation sites is 1. The van der Waals surface area contributed by atoms with Crippen LogP contribution in [0.2, 0.25) is 0 Å². The van der Waals surface area contributed by atoms with Crippen LogP contribution in [0.4, 0.5) is 17.2 Å². The van der Waals surface area contributed by atoms with Gasteiger partial charge in [0, 0.05) is 11.9 Å².